The normalized spacial score (nSPS) is 27.7. The van der Waals surface area contributed by atoms with Gasteiger partial charge in [-0.1, -0.05) is 6.08 Å². The number of Topliss-reactive ketones (excluding diaryl/α,β-unsaturated/α-hetero) is 1. The number of rotatable bonds is 5. The molecule has 10 nitrogen and oxygen atoms in total. The lowest BCUT2D eigenvalue weighted by atomic mass is 9.79. The van der Waals surface area contributed by atoms with Gasteiger partial charge in [-0.25, -0.2) is 4.79 Å². The Morgan fingerprint density at radius 1 is 1.25 bits per heavy atom. The van der Waals surface area contributed by atoms with Crippen LogP contribution in [0.2, 0.25) is 0 Å². The van der Waals surface area contributed by atoms with E-state index in [1.54, 1.807) is 0 Å². The van der Waals surface area contributed by atoms with E-state index < -0.39 is 47.8 Å². The number of nitrogens with one attached hydrogen (secondary N) is 1. The molecule has 1 aliphatic carbocycles. The smallest absolute Gasteiger partial charge is 0.326 e. The Hall–Kier alpha value is -2.72. The molecule has 1 aliphatic heterocycles. The Kier molecular flexibility index (Phi) is 4.71. The summed E-state index contributed by atoms with van der Waals surface area (Å²) in [5.41, 5.74) is 5.11. The van der Waals surface area contributed by atoms with Gasteiger partial charge in [-0.2, -0.15) is 0 Å². The highest BCUT2D eigenvalue weighted by atomic mass is 16.4. The van der Waals surface area contributed by atoms with Crippen molar-refractivity contribution in [3.05, 3.63) is 22.9 Å². The summed E-state index contributed by atoms with van der Waals surface area (Å²) in [4.78, 5) is 45.7. The van der Waals surface area contributed by atoms with E-state index in [-0.39, 0.29) is 29.7 Å². The van der Waals surface area contributed by atoms with Crippen LogP contribution < -0.4 is 11.1 Å². The lowest BCUT2D eigenvalue weighted by Crippen LogP contribution is -2.49. The maximum atomic E-state index is 12.3. The zero-order valence-corrected chi connectivity index (χ0v) is 12.3. The average molecular weight is 340 g/mol. The number of carbonyl (C=O) groups is 4. The molecule has 0 saturated heterocycles. The third kappa shape index (κ3) is 3.14. The number of aliphatic hydroxyl groups excluding tert-OH is 1. The lowest BCUT2D eigenvalue weighted by Gasteiger charge is -2.34. The summed E-state index contributed by atoms with van der Waals surface area (Å²) in [7, 11) is 0. The van der Waals surface area contributed by atoms with Gasteiger partial charge in [-0.3, -0.25) is 14.4 Å². The van der Waals surface area contributed by atoms with Gasteiger partial charge in [-0.05, 0) is 24.0 Å². The predicted molar refractivity (Wildman–Crippen MR) is 76.7 cm³/mol. The highest BCUT2D eigenvalue weighted by Crippen LogP contribution is 2.34. The molecule has 0 spiro atoms. The fourth-order valence-electron chi connectivity index (χ4n) is 2.73. The molecule has 4 unspecified atom stereocenters. The van der Waals surface area contributed by atoms with E-state index in [9.17, 15) is 29.4 Å². The summed E-state index contributed by atoms with van der Waals surface area (Å²) < 4.78 is 0. The van der Waals surface area contributed by atoms with Crippen LogP contribution in [0, 0.1) is 5.92 Å². The number of carboxylic acid groups (broad SMARTS) is 3. The zero-order chi connectivity index (χ0) is 18.2. The molecular formula is C14H16N2O8. The van der Waals surface area contributed by atoms with Gasteiger partial charge in [0.1, 0.15) is 18.2 Å². The predicted octanol–water partition coefficient (Wildman–Crippen LogP) is -1.94. The summed E-state index contributed by atoms with van der Waals surface area (Å²) in [5.74, 6) is -6.15. The van der Waals surface area contributed by atoms with Crippen LogP contribution in [0.25, 0.3) is 0 Å². The molecular weight excluding hydrogens is 324 g/mol. The number of carboxylic acids is 3. The molecule has 4 atom stereocenters. The van der Waals surface area contributed by atoms with Crippen LogP contribution in [0.3, 0.4) is 0 Å². The maximum absolute atomic E-state index is 12.3. The number of allylic oxidation sites excluding steroid dienone is 1. The second-order valence-corrected chi connectivity index (χ2v) is 5.63. The third-order valence-corrected chi connectivity index (χ3v) is 4.01. The van der Waals surface area contributed by atoms with Crippen LogP contribution in [0.5, 0.6) is 0 Å². The van der Waals surface area contributed by atoms with Crippen molar-refractivity contribution in [2.75, 3.05) is 0 Å². The molecule has 0 aromatic heterocycles. The summed E-state index contributed by atoms with van der Waals surface area (Å²) in [6, 6.07) is -2.65. The van der Waals surface area contributed by atoms with E-state index in [2.05, 4.69) is 5.32 Å². The molecule has 0 saturated carbocycles. The largest absolute Gasteiger partial charge is 0.481 e. The highest BCUT2D eigenvalue weighted by Gasteiger charge is 2.42. The topological polar surface area (TPSA) is 187 Å². The van der Waals surface area contributed by atoms with E-state index in [1.807, 2.05) is 0 Å². The van der Waals surface area contributed by atoms with Gasteiger partial charge in [0.25, 0.3) is 0 Å². The van der Waals surface area contributed by atoms with Crippen molar-refractivity contribution in [2.24, 2.45) is 11.7 Å². The molecule has 0 bridgehead atoms. The molecule has 0 amide bonds. The highest BCUT2D eigenvalue weighted by molar-refractivity contribution is 6.04. The summed E-state index contributed by atoms with van der Waals surface area (Å²) in [6.45, 7) is 0. The first-order valence-electron chi connectivity index (χ1n) is 7.01. The summed E-state index contributed by atoms with van der Waals surface area (Å²) >= 11 is 0. The van der Waals surface area contributed by atoms with Crippen molar-refractivity contribution in [1.29, 1.82) is 0 Å². The summed E-state index contributed by atoms with van der Waals surface area (Å²) in [5, 5.41) is 39.7. The number of carbonyl (C=O) groups excluding carboxylic acids is 1. The molecule has 0 fully saturated rings. The molecule has 1 heterocycles. The van der Waals surface area contributed by atoms with Gasteiger partial charge in [0.15, 0.2) is 0 Å². The van der Waals surface area contributed by atoms with Crippen molar-refractivity contribution in [3.63, 3.8) is 0 Å². The number of ketones is 1. The first-order chi connectivity index (χ1) is 11.1. The number of hydrogen-bond donors (Lipinski definition) is 6. The lowest BCUT2D eigenvalue weighted by molar-refractivity contribution is -0.144. The molecule has 2 rings (SSSR count). The molecule has 0 radical (unpaired) electrons. The first kappa shape index (κ1) is 17.6. The maximum Gasteiger partial charge on any atom is 0.326 e. The Morgan fingerprint density at radius 3 is 2.38 bits per heavy atom. The number of nitrogens with two attached hydrogens (primary N) is 1. The van der Waals surface area contributed by atoms with Crippen molar-refractivity contribution in [3.8, 4) is 0 Å². The first-order valence-corrected chi connectivity index (χ1v) is 7.01. The quantitative estimate of drug-likeness (QED) is 0.328. The van der Waals surface area contributed by atoms with E-state index in [0.29, 0.717) is 0 Å². The Labute approximate surface area is 135 Å². The van der Waals surface area contributed by atoms with Crippen LogP contribution in [0.4, 0.5) is 0 Å². The minimum Gasteiger partial charge on any atom is -0.481 e. The van der Waals surface area contributed by atoms with Crippen molar-refractivity contribution >= 4 is 23.7 Å². The molecule has 10 heteroatoms. The van der Waals surface area contributed by atoms with Gasteiger partial charge < -0.3 is 31.5 Å². The summed E-state index contributed by atoms with van der Waals surface area (Å²) in [6.07, 6.45) is -1.12. The van der Waals surface area contributed by atoms with Crippen LogP contribution in [0.1, 0.15) is 12.8 Å². The fraction of sp³-hybridized carbons (Fsp3) is 0.429. The molecule has 130 valence electrons. The van der Waals surface area contributed by atoms with Crippen LogP contribution in [-0.4, -0.2) is 62.3 Å². The molecule has 2 aliphatic rings. The van der Waals surface area contributed by atoms with Crippen molar-refractivity contribution in [1.82, 2.24) is 5.32 Å². The Bertz CT molecular complexity index is 680. The number of hydrogen-bond acceptors (Lipinski definition) is 7. The minimum absolute atomic E-state index is 0.0166. The standard InChI is InChI=1S/C14H16N2O8/c15-7(13(21)22)2-4-1-5-6(12(19)20)3-8(14(23)24)16-9(5)11(18)10(4)17/h1,6-8,10,16-17H,2-3,15H2,(H,19,20)(H,21,22)(H,23,24). The second kappa shape index (κ2) is 6.42. The number of aliphatic hydroxyl groups is 1. The van der Waals surface area contributed by atoms with Gasteiger partial charge in [-0.15, -0.1) is 0 Å². The molecule has 0 aromatic rings. The molecule has 24 heavy (non-hydrogen) atoms. The SMILES string of the molecule is NC(CC1=CC2=C(NC(C(=O)O)CC2C(=O)O)C(=O)C1O)C(=O)O. The van der Waals surface area contributed by atoms with Gasteiger partial charge in [0, 0.05) is 0 Å². The van der Waals surface area contributed by atoms with Gasteiger partial charge >= 0.3 is 17.9 Å². The zero-order valence-electron chi connectivity index (χ0n) is 12.3. The Balaban J connectivity index is 2.46. The van der Waals surface area contributed by atoms with Crippen molar-refractivity contribution < 1.29 is 39.6 Å². The van der Waals surface area contributed by atoms with E-state index in [4.69, 9.17) is 15.9 Å². The van der Waals surface area contributed by atoms with E-state index in [1.165, 1.54) is 6.08 Å². The van der Waals surface area contributed by atoms with Crippen LogP contribution in [-0.2, 0) is 19.2 Å². The Morgan fingerprint density at radius 2 is 1.88 bits per heavy atom. The monoisotopic (exact) mass is 340 g/mol. The second-order valence-electron chi connectivity index (χ2n) is 5.63. The fourth-order valence-corrected chi connectivity index (χ4v) is 2.73. The van der Waals surface area contributed by atoms with Gasteiger partial charge in [0.05, 0.1) is 11.6 Å². The van der Waals surface area contributed by atoms with Gasteiger partial charge in [0.2, 0.25) is 5.78 Å². The van der Waals surface area contributed by atoms with Crippen molar-refractivity contribution in [2.45, 2.75) is 31.0 Å². The van der Waals surface area contributed by atoms with Crippen LogP contribution >= 0.6 is 0 Å². The third-order valence-electron chi connectivity index (χ3n) is 4.01. The van der Waals surface area contributed by atoms with Crippen LogP contribution in [0.15, 0.2) is 22.9 Å². The van der Waals surface area contributed by atoms with E-state index in [0.717, 1.165) is 0 Å². The molecule has 0 aromatic carbocycles. The van der Waals surface area contributed by atoms with E-state index >= 15 is 0 Å². The average Bonchev–Trinajstić information content (AvgIpc) is 2.50. The minimum atomic E-state index is -1.70. The number of aliphatic carboxylic acids is 3. The molecule has 7 N–H and O–H groups in total.